The molecule has 8 heteroatoms. The lowest BCUT2D eigenvalue weighted by Crippen LogP contribution is -2.15. The van der Waals surface area contributed by atoms with E-state index in [1.165, 1.54) is 11.3 Å². The lowest BCUT2D eigenvalue weighted by atomic mass is 10.1. The van der Waals surface area contributed by atoms with E-state index in [1.54, 1.807) is 22.7 Å². The van der Waals surface area contributed by atoms with Gasteiger partial charge in [0, 0.05) is 10.4 Å². The highest BCUT2D eigenvalue weighted by Gasteiger charge is 2.19. The maximum absolute atomic E-state index is 12.5. The zero-order valence-electron chi connectivity index (χ0n) is 14.1. The molecule has 5 nitrogen and oxygen atoms in total. The fraction of sp³-hybridized carbons (Fsp3) is 0.167. The molecule has 0 unspecified atom stereocenters. The normalized spacial score (nSPS) is 11.0. The summed E-state index contributed by atoms with van der Waals surface area (Å²) in [4.78, 5) is 20.5. The van der Waals surface area contributed by atoms with Crippen molar-refractivity contribution in [3.8, 4) is 20.3 Å². The van der Waals surface area contributed by atoms with Gasteiger partial charge in [-0.3, -0.25) is 4.79 Å². The average molecular weight is 402 g/mol. The Kier molecular flexibility index (Phi) is 4.71. The largest absolute Gasteiger partial charge is 0.361 e. The van der Waals surface area contributed by atoms with Gasteiger partial charge in [0.2, 0.25) is 5.91 Å². The number of anilines is 1. The van der Waals surface area contributed by atoms with Crippen LogP contribution in [0.2, 0.25) is 0 Å². The van der Waals surface area contributed by atoms with Crippen LogP contribution >= 0.6 is 34.0 Å². The van der Waals surface area contributed by atoms with Crippen molar-refractivity contribution in [2.24, 2.45) is 0 Å². The summed E-state index contributed by atoms with van der Waals surface area (Å²) in [6.45, 7) is 3.65. The number of rotatable bonds is 5. The lowest BCUT2D eigenvalue weighted by molar-refractivity contribution is -0.115. The van der Waals surface area contributed by atoms with Crippen molar-refractivity contribution in [1.29, 1.82) is 0 Å². The van der Waals surface area contributed by atoms with E-state index in [-0.39, 0.29) is 12.3 Å². The Hall–Kier alpha value is -2.29. The number of hydrogen-bond donors (Lipinski definition) is 1. The van der Waals surface area contributed by atoms with Crippen LogP contribution in [-0.2, 0) is 11.2 Å². The number of amides is 1. The number of aromatic nitrogens is 2. The summed E-state index contributed by atoms with van der Waals surface area (Å²) < 4.78 is 5.13. The Morgan fingerprint density at radius 2 is 1.88 bits per heavy atom. The molecule has 0 atom stereocenters. The van der Waals surface area contributed by atoms with Crippen LogP contribution in [-0.4, -0.2) is 16.0 Å². The third kappa shape index (κ3) is 3.35. The molecule has 1 N–H and O–H groups in total. The fourth-order valence-electron chi connectivity index (χ4n) is 2.61. The number of carbonyl (C=O) groups excluding carboxylic acids is 1. The molecule has 0 fully saturated rings. The van der Waals surface area contributed by atoms with Gasteiger partial charge in [-0.25, -0.2) is 4.98 Å². The highest BCUT2D eigenvalue weighted by molar-refractivity contribution is 7.24. The van der Waals surface area contributed by atoms with E-state index < -0.39 is 0 Å². The monoisotopic (exact) mass is 401 g/mol. The quantitative estimate of drug-likeness (QED) is 0.487. The van der Waals surface area contributed by atoms with Crippen LogP contribution in [0.5, 0.6) is 0 Å². The van der Waals surface area contributed by atoms with Crippen molar-refractivity contribution in [3.05, 3.63) is 52.0 Å². The van der Waals surface area contributed by atoms with E-state index >= 15 is 0 Å². The molecule has 0 aliphatic heterocycles. The molecular formula is C18H15N3O2S3. The minimum Gasteiger partial charge on any atom is -0.361 e. The summed E-state index contributed by atoms with van der Waals surface area (Å²) in [5, 5.41) is 11.5. The number of hydrogen-bond acceptors (Lipinski definition) is 7. The van der Waals surface area contributed by atoms with Crippen LogP contribution in [0.15, 0.2) is 39.5 Å². The first-order valence-electron chi connectivity index (χ1n) is 7.92. The molecular weight excluding hydrogens is 386 g/mol. The predicted molar refractivity (Wildman–Crippen MR) is 107 cm³/mol. The van der Waals surface area contributed by atoms with Crippen LogP contribution in [0.25, 0.3) is 20.3 Å². The summed E-state index contributed by atoms with van der Waals surface area (Å²) in [6.07, 6.45) is 0.226. The van der Waals surface area contributed by atoms with E-state index in [1.807, 2.05) is 42.8 Å². The van der Waals surface area contributed by atoms with Crippen LogP contribution in [0.3, 0.4) is 0 Å². The summed E-state index contributed by atoms with van der Waals surface area (Å²) in [7, 11) is 0. The van der Waals surface area contributed by atoms with E-state index in [0.29, 0.717) is 10.9 Å². The van der Waals surface area contributed by atoms with Crippen molar-refractivity contribution in [2.75, 3.05) is 5.32 Å². The maximum atomic E-state index is 12.5. The molecule has 0 aromatic carbocycles. The summed E-state index contributed by atoms with van der Waals surface area (Å²) in [6, 6.07) is 8.15. The van der Waals surface area contributed by atoms with Crippen molar-refractivity contribution in [2.45, 2.75) is 20.3 Å². The number of aryl methyl sites for hydroxylation is 2. The van der Waals surface area contributed by atoms with Gasteiger partial charge in [-0.05, 0) is 36.7 Å². The number of thiazole rings is 1. The average Bonchev–Trinajstić information content (AvgIpc) is 3.38. The lowest BCUT2D eigenvalue weighted by Gasteiger charge is -2.01. The first kappa shape index (κ1) is 17.1. The van der Waals surface area contributed by atoms with Crippen LogP contribution in [0, 0.1) is 13.8 Å². The standard InChI is InChI=1S/C18H15N3O2S3/c1-10-12(11(2)23-21-10)9-15(22)19-18-20-16(13-5-3-7-24-13)17(26-18)14-6-4-8-25-14/h3-8H,9H2,1-2H3,(H,19,20,22). The Balaban J connectivity index is 1.61. The minimum absolute atomic E-state index is 0.122. The van der Waals surface area contributed by atoms with Crippen molar-refractivity contribution >= 4 is 45.0 Å². The molecule has 4 aromatic rings. The molecule has 132 valence electrons. The van der Waals surface area contributed by atoms with E-state index in [4.69, 9.17) is 4.52 Å². The van der Waals surface area contributed by atoms with Gasteiger partial charge in [-0.1, -0.05) is 28.6 Å². The first-order valence-corrected chi connectivity index (χ1v) is 10.5. The second-order valence-corrected chi connectivity index (χ2v) is 8.57. The molecule has 0 radical (unpaired) electrons. The molecule has 4 rings (SSSR count). The highest BCUT2D eigenvalue weighted by Crippen LogP contribution is 2.42. The van der Waals surface area contributed by atoms with Crippen molar-refractivity contribution in [1.82, 2.24) is 10.1 Å². The highest BCUT2D eigenvalue weighted by atomic mass is 32.1. The first-order chi connectivity index (χ1) is 12.6. The van der Waals surface area contributed by atoms with E-state index in [0.717, 1.165) is 31.6 Å². The summed E-state index contributed by atoms with van der Waals surface area (Å²) >= 11 is 4.81. The number of thiophene rings is 2. The van der Waals surface area contributed by atoms with Gasteiger partial charge >= 0.3 is 0 Å². The van der Waals surface area contributed by atoms with Crippen LogP contribution in [0.1, 0.15) is 17.0 Å². The number of nitrogens with one attached hydrogen (secondary N) is 1. The zero-order chi connectivity index (χ0) is 18.1. The summed E-state index contributed by atoms with van der Waals surface area (Å²) in [5.74, 6) is 0.555. The second kappa shape index (κ2) is 7.14. The van der Waals surface area contributed by atoms with Crippen molar-refractivity contribution in [3.63, 3.8) is 0 Å². The smallest absolute Gasteiger partial charge is 0.230 e. The summed E-state index contributed by atoms with van der Waals surface area (Å²) in [5.41, 5.74) is 2.49. The van der Waals surface area contributed by atoms with E-state index in [9.17, 15) is 4.79 Å². The second-order valence-electron chi connectivity index (χ2n) is 5.68. The Bertz CT molecular complexity index is 959. The molecule has 4 aromatic heterocycles. The van der Waals surface area contributed by atoms with Gasteiger partial charge in [-0.2, -0.15) is 0 Å². The van der Waals surface area contributed by atoms with Gasteiger partial charge in [0.15, 0.2) is 5.13 Å². The molecule has 0 bridgehead atoms. The molecule has 0 aliphatic rings. The topological polar surface area (TPSA) is 68.0 Å². The maximum Gasteiger partial charge on any atom is 0.230 e. The Labute approximate surface area is 162 Å². The van der Waals surface area contributed by atoms with Crippen LogP contribution < -0.4 is 5.32 Å². The molecule has 0 spiro atoms. The molecule has 0 saturated heterocycles. The molecule has 4 heterocycles. The van der Waals surface area contributed by atoms with Gasteiger partial charge in [0.25, 0.3) is 0 Å². The van der Waals surface area contributed by atoms with Gasteiger partial charge in [-0.15, -0.1) is 22.7 Å². The van der Waals surface area contributed by atoms with Crippen LogP contribution in [0.4, 0.5) is 5.13 Å². The zero-order valence-corrected chi connectivity index (χ0v) is 16.6. The van der Waals surface area contributed by atoms with Gasteiger partial charge < -0.3 is 9.84 Å². The molecule has 1 amide bonds. The third-order valence-corrected chi connectivity index (χ3v) is 6.79. The Morgan fingerprint density at radius 1 is 1.15 bits per heavy atom. The molecule has 26 heavy (non-hydrogen) atoms. The van der Waals surface area contributed by atoms with Crippen molar-refractivity contribution < 1.29 is 9.32 Å². The molecule has 0 aliphatic carbocycles. The fourth-order valence-corrected chi connectivity index (χ4v) is 5.24. The number of nitrogens with zero attached hydrogens (tertiary/aromatic N) is 2. The molecule has 0 saturated carbocycles. The van der Waals surface area contributed by atoms with Gasteiger partial charge in [0.1, 0.15) is 11.5 Å². The number of carbonyl (C=O) groups is 1. The minimum atomic E-state index is -0.122. The van der Waals surface area contributed by atoms with Gasteiger partial charge in [0.05, 0.1) is 21.9 Å². The third-order valence-electron chi connectivity index (χ3n) is 3.89. The van der Waals surface area contributed by atoms with E-state index in [2.05, 4.69) is 21.5 Å². The SMILES string of the molecule is Cc1noc(C)c1CC(=O)Nc1nc(-c2cccs2)c(-c2cccs2)s1. The Morgan fingerprint density at radius 3 is 2.50 bits per heavy atom. The predicted octanol–water partition coefficient (Wildman–Crippen LogP) is 5.39.